The third-order valence-electron chi connectivity index (χ3n) is 9.92. The van der Waals surface area contributed by atoms with E-state index in [2.05, 4.69) is 0 Å². The van der Waals surface area contributed by atoms with E-state index in [9.17, 15) is 9.59 Å². The molecule has 11 atom stereocenters. The molecular formula is C42H44O9S. The molecule has 3 aliphatic heterocycles. The molecule has 0 N–H and O–H groups in total. The fraction of sp³-hybridized carbons (Fsp3) is 0.381. The number of hydrogen-bond acceptors (Lipinski definition) is 10. The van der Waals surface area contributed by atoms with Crippen molar-refractivity contribution < 1.29 is 42.7 Å². The third kappa shape index (κ3) is 8.12. The molecule has 3 saturated heterocycles. The van der Waals surface area contributed by atoms with E-state index in [4.69, 9.17) is 33.2 Å². The Morgan fingerprint density at radius 3 is 1.83 bits per heavy atom. The summed E-state index contributed by atoms with van der Waals surface area (Å²) in [7, 11) is 0. The number of carbonyl (C=O) groups excluding carboxylic acids is 2. The Morgan fingerprint density at radius 2 is 1.23 bits per heavy atom. The van der Waals surface area contributed by atoms with Crippen LogP contribution >= 0.6 is 11.8 Å². The number of esters is 2. The lowest BCUT2D eigenvalue weighted by Gasteiger charge is -2.50. The zero-order chi connectivity index (χ0) is 36.0. The Kier molecular flexibility index (Phi) is 11.7. The molecule has 3 fully saturated rings. The van der Waals surface area contributed by atoms with Crippen molar-refractivity contribution in [2.75, 3.05) is 6.61 Å². The fourth-order valence-electron chi connectivity index (χ4n) is 7.09. The van der Waals surface area contributed by atoms with Gasteiger partial charge in [0.15, 0.2) is 18.7 Å². The zero-order valence-electron chi connectivity index (χ0n) is 29.4. The van der Waals surface area contributed by atoms with E-state index in [-0.39, 0.29) is 24.5 Å². The second-order valence-electron chi connectivity index (χ2n) is 13.4. The molecule has 0 bridgehead atoms. The topological polar surface area (TPSA) is 98.8 Å². The van der Waals surface area contributed by atoms with Crippen molar-refractivity contribution in [2.24, 2.45) is 11.8 Å². The van der Waals surface area contributed by atoms with Crippen molar-refractivity contribution in [1.82, 2.24) is 0 Å². The average molecular weight is 725 g/mol. The minimum atomic E-state index is -0.988. The highest BCUT2D eigenvalue weighted by Crippen LogP contribution is 2.43. The first-order valence-electron chi connectivity index (χ1n) is 17.9. The number of benzene rings is 4. The van der Waals surface area contributed by atoms with E-state index in [0.717, 1.165) is 10.5 Å². The molecule has 3 aliphatic rings. The van der Waals surface area contributed by atoms with Crippen LogP contribution in [0.25, 0.3) is 0 Å². The minimum Gasteiger partial charge on any atom is -0.455 e. The van der Waals surface area contributed by atoms with Gasteiger partial charge in [-0.1, -0.05) is 117 Å². The van der Waals surface area contributed by atoms with Gasteiger partial charge >= 0.3 is 11.9 Å². The van der Waals surface area contributed by atoms with Crippen LogP contribution in [0.15, 0.2) is 126 Å². The van der Waals surface area contributed by atoms with Gasteiger partial charge in [0.25, 0.3) is 0 Å². The Bertz CT molecular complexity index is 1740. The largest absolute Gasteiger partial charge is 0.455 e. The molecule has 4 aromatic carbocycles. The summed E-state index contributed by atoms with van der Waals surface area (Å²) in [5.41, 5.74) is 1.25. The number of fused-ring (bicyclic) bond motifs is 1. The lowest BCUT2D eigenvalue weighted by Crippen LogP contribution is -2.62. The first-order chi connectivity index (χ1) is 25.4. The van der Waals surface area contributed by atoms with E-state index in [1.165, 1.54) is 11.8 Å². The minimum absolute atomic E-state index is 0.259. The van der Waals surface area contributed by atoms with Crippen molar-refractivity contribution in [3.8, 4) is 0 Å². The Labute approximate surface area is 308 Å². The Hall–Kier alpha value is -4.03. The second-order valence-corrected chi connectivity index (χ2v) is 14.6. The molecule has 3 heterocycles. The molecular weight excluding hydrogens is 681 g/mol. The van der Waals surface area contributed by atoms with Gasteiger partial charge in [-0.15, -0.1) is 0 Å². The zero-order valence-corrected chi connectivity index (χ0v) is 30.2. The Balaban J connectivity index is 1.16. The highest BCUT2D eigenvalue weighted by molar-refractivity contribution is 7.99. The van der Waals surface area contributed by atoms with Crippen molar-refractivity contribution in [3.05, 3.63) is 138 Å². The van der Waals surface area contributed by atoms with Crippen LogP contribution in [0.4, 0.5) is 0 Å². The number of hydrogen-bond donors (Lipinski definition) is 0. The standard InChI is InChI=1S/C42H44O9S/c1-4-32-34(27(3)37(49-39(44)29-19-11-6-12-20-29)42(47-32)52-31-23-15-8-16-24-31)51-41-36(48-38(43)28-17-9-5-10-18-28)26(2)35-33(46-41)25-45-40(50-35)30-21-13-7-14-22-30/h5-24,26-27,32-37,40-42H,4,25H2,1-3H3/t26-,27-,32?,33?,34+,35+,36?,37?,40?,41-,42-/m0/s1. The first-order valence-corrected chi connectivity index (χ1v) is 18.8. The molecule has 0 saturated carbocycles. The first kappa shape index (κ1) is 36.3. The molecule has 0 aliphatic carbocycles. The lowest BCUT2D eigenvalue weighted by molar-refractivity contribution is -0.365. The average Bonchev–Trinajstić information content (AvgIpc) is 3.19. The van der Waals surface area contributed by atoms with Crippen LogP contribution in [0.2, 0.25) is 0 Å². The van der Waals surface area contributed by atoms with Crippen molar-refractivity contribution in [3.63, 3.8) is 0 Å². The maximum absolute atomic E-state index is 13.6. The molecule has 5 unspecified atom stereocenters. The maximum Gasteiger partial charge on any atom is 0.338 e. The molecule has 0 radical (unpaired) electrons. The van der Waals surface area contributed by atoms with Gasteiger partial charge in [-0.3, -0.25) is 0 Å². The highest BCUT2D eigenvalue weighted by atomic mass is 32.2. The molecule has 0 aromatic heterocycles. The van der Waals surface area contributed by atoms with Crippen molar-refractivity contribution >= 4 is 23.7 Å². The van der Waals surface area contributed by atoms with E-state index in [0.29, 0.717) is 17.5 Å². The van der Waals surface area contributed by atoms with Gasteiger partial charge in [0, 0.05) is 22.3 Å². The summed E-state index contributed by atoms with van der Waals surface area (Å²) in [5, 5.41) is 0. The molecule has 0 amide bonds. The monoisotopic (exact) mass is 724 g/mol. The Morgan fingerprint density at radius 1 is 0.673 bits per heavy atom. The van der Waals surface area contributed by atoms with Gasteiger partial charge in [0.1, 0.15) is 17.6 Å². The van der Waals surface area contributed by atoms with Crippen LogP contribution < -0.4 is 0 Å². The molecule has 0 spiro atoms. The lowest BCUT2D eigenvalue weighted by atomic mass is 9.88. The summed E-state index contributed by atoms with van der Waals surface area (Å²) in [6.45, 7) is 6.29. The predicted molar refractivity (Wildman–Crippen MR) is 194 cm³/mol. The number of thioether (sulfide) groups is 1. The molecule has 272 valence electrons. The van der Waals surface area contributed by atoms with Crippen molar-refractivity contribution in [2.45, 2.75) is 86.7 Å². The summed E-state index contributed by atoms with van der Waals surface area (Å²) in [4.78, 5) is 28.1. The van der Waals surface area contributed by atoms with E-state index in [1.54, 1.807) is 48.5 Å². The van der Waals surface area contributed by atoms with E-state index < -0.39 is 60.5 Å². The summed E-state index contributed by atoms with van der Waals surface area (Å²) in [6.07, 6.45) is -4.38. The summed E-state index contributed by atoms with van der Waals surface area (Å²) >= 11 is 1.51. The molecule has 7 rings (SSSR count). The third-order valence-corrected chi connectivity index (χ3v) is 11.1. The number of ether oxygens (including phenoxy) is 7. The van der Waals surface area contributed by atoms with Gasteiger partial charge in [0.2, 0.25) is 0 Å². The number of carbonyl (C=O) groups is 2. The molecule has 9 nitrogen and oxygen atoms in total. The molecule has 10 heteroatoms. The molecule has 4 aromatic rings. The van der Waals surface area contributed by atoms with Crippen LogP contribution in [-0.4, -0.2) is 66.9 Å². The molecule has 52 heavy (non-hydrogen) atoms. The van der Waals surface area contributed by atoms with Gasteiger partial charge in [-0.25, -0.2) is 9.59 Å². The van der Waals surface area contributed by atoms with Gasteiger partial charge in [-0.05, 0) is 42.8 Å². The number of rotatable bonds is 10. The SMILES string of the molecule is CCC1O[C@@H](Sc2ccccc2)C(OC(=O)c2ccccc2)[C@@H](C)[C@H]1O[C@@H]1OC2COC(c3ccccc3)O[C@@H]2[C@H](C)C1OC(=O)c1ccccc1. The van der Waals surface area contributed by atoms with Crippen LogP contribution in [0.3, 0.4) is 0 Å². The van der Waals surface area contributed by atoms with Gasteiger partial charge in [-0.2, -0.15) is 0 Å². The summed E-state index contributed by atoms with van der Waals surface area (Å²) in [6, 6.07) is 37.4. The second kappa shape index (κ2) is 16.8. The van der Waals surface area contributed by atoms with Crippen LogP contribution in [0.1, 0.15) is 59.8 Å². The predicted octanol–water partition coefficient (Wildman–Crippen LogP) is 7.86. The summed E-state index contributed by atoms with van der Waals surface area (Å²) < 4.78 is 45.4. The van der Waals surface area contributed by atoms with Crippen LogP contribution in [0, 0.1) is 11.8 Å². The van der Waals surface area contributed by atoms with Gasteiger partial charge in [0.05, 0.1) is 36.0 Å². The highest BCUT2D eigenvalue weighted by Gasteiger charge is 2.53. The maximum atomic E-state index is 13.6. The van der Waals surface area contributed by atoms with Crippen LogP contribution in [-0.2, 0) is 33.2 Å². The smallest absolute Gasteiger partial charge is 0.338 e. The fourth-order valence-corrected chi connectivity index (χ4v) is 8.30. The quantitative estimate of drug-likeness (QED) is 0.150. The van der Waals surface area contributed by atoms with Crippen LogP contribution in [0.5, 0.6) is 0 Å². The summed E-state index contributed by atoms with van der Waals surface area (Å²) in [5.74, 6) is -1.61. The van der Waals surface area contributed by atoms with Crippen molar-refractivity contribution in [1.29, 1.82) is 0 Å². The normalized spacial score (nSPS) is 31.6. The van der Waals surface area contributed by atoms with E-state index in [1.807, 2.05) is 93.6 Å². The van der Waals surface area contributed by atoms with E-state index >= 15 is 0 Å². The van der Waals surface area contributed by atoms with Gasteiger partial charge < -0.3 is 33.2 Å².